The van der Waals surface area contributed by atoms with Gasteiger partial charge in [-0.25, -0.2) is 4.79 Å². The highest BCUT2D eigenvalue weighted by Crippen LogP contribution is 2.38. The number of nitrogens with zero attached hydrogens (tertiary/aromatic N) is 3. The van der Waals surface area contributed by atoms with Gasteiger partial charge in [-0.1, -0.05) is 62.4 Å². The van der Waals surface area contributed by atoms with Crippen molar-refractivity contribution in [2.75, 3.05) is 19.6 Å². The number of hydrogen-bond acceptors (Lipinski definition) is 3. The molecule has 0 spiro atoms. The van der Waals surface area contributed by atoms with Crippen LogP contribution in [0.15, 0.2) is 70.5 Å². The molecule has 0 atom stereocenters. The molecule has 0 unspecified atom stereocenters. The first-order valence-electron chi connectivity index (χ1n) is 10.9. The summed E-state index contributed by atoms with van der Waals surface area (Å²) in [5.74, 6) is 0. The van der Waals surface area contributed by atoms with Gasteiger partial charge in [0, 0.05) is 23.9 Å². The van der Waals surface area contributed by atoms with E-state index in [4.69, 9.17) is 4.99 Å². The predicted octanol–water partition coefficient (Wildman–Crippen LogP) is 4.93. The van der Waals surface area contributed by atoms with E-state index >= 15 is 0 Å². The zero-order chi connectivity index (χ0) is 21.4. The largest absolute Gasteiger partial charge is 0.331 e. The van der Waals surface area contributed by atoms with E-state index < -0.39 is 0 Å². The van der Waals surface area contributed by atoms with Crippen LogP contribution in [0.3, 0.4) is 0 Å². The van der Waals surface area contributed by atoms with Gasteiger partial charge in [0.25, 0.3) is 0 Å². The average molecular weight is 411 g/mol. The second-order valence-electron chi connectivity index (χ2n) is 7.91. The molecule has 156 valence electrons. The van der Waals surface area contributed by atoms with Crippen molar-refractivity contribution in [3.63, 3.8) is 0 Å². The van der Waals surface area contributed by atoms with Crippen LogP contribution in [0.1, 0.15) is 25.0 Å². The quantitative estimate of drug-likeness (QED) is 0.431. The molecular formula is C26H26N4O. The van der Waals surface area contributed by atoms with Gasteiger partial charge in [-0.15, -0.1) is 0 Å². The molecule has 2 heterocycles. The molecule has 0 saturated heterocycles. The number of fused-ring (bicyclic) bond motifs is 2. The third kappa shape index (κ3) is 3.41. The van der Waals surface area contributed by atoms with Crippen molar-refractivity contribution in [1.82, 2.24) is 14.5 Å². The fraction of sp³-hybridized carbons (Fsp3) is 0.231. The molecule has 1 aliphatic rings. The number of imidazole rings is 1. The molecule has 31 heavy (non-hydrogen) atoms. The summed E-state index contributed by atoms with van der Waals surface area (Å²) in [5, 5.41) is 0. The van der Waals surface area contributed by atoms with Gasteiger partial charge in [-0.3, -0.25) is 9.56 Å². The molecule has 0 fully saturated rings. The van der Waals surface area contributed by atoms with E-state index in [9.17, 15) is 4.79 Å². The first-order valence-corrected chi connectivity index (χ1v) is 10.9. The van der Waals surface area contributed by atoms with Crippen LogP contribution in [0, 0.1) is 0 Å². The Balaban J connectivity index is 1.55. The van der Waals surface area contributed by atoms with Crippen LogP contribution in [0.5, 0.6) is 0 Å². The maximum Gasteiger partial charge on any atom is 0.331 e. The number of aromatic amines is 1. The van der Waals surface area contributed by atoms with E-state index in [-0.39, 0.29) is 5.69 Å². The number of likely N-dealkylation sites (N-methyl/N-ethyl adjacent to an activating group) is 1. The van der Waals surface area contributed by atoms with Crippen LogP contribution in [-0.2, 0) is 6.42 Å². The number of aliphatic imine (C=N–C) groups is 1. The molecule has 1 aliphatic heterocycles. The van der Waals surface area contributed by atoms with Crippen molar-refractivity contribution in [3.05, 3.63) is 82.3 Å². The topological polar surface area (TPSA) is 53.4 Å². The van der Waals surface area contributed by atoms with Gasteiger partial charge in [0.15, 0.2) is 0 Å². The normalized spacial score (nSPS) is 12.4. The highest BCUT2D eigenvalue weighted by atomic mass is 16.1. The number of hydrogen-bond donors (Lipinski definition) is 1. The van der Waals surface area contributed by atoms with Crippen LogP contribution >= 0.6 is 0 Å². The Bertz CT molecular complexity index is 1320. The SMILES string of the molecule is CCN(CC)CCc1ccc(-c2cccc3c2N=Cc2cccc4[nH]c(=O)n-3c24)cc1. The predicted molar refractivity (Wildman–Crippen MR) is 128 cm³/mol. The summed E-state index contributed by atoms with van der Waals surface area (Å²) in [5.41, 5.74) is 7.58. The lowest BCUT2D eigenvalue weighted by molar-refractivity contribution is 0.308. The molecular weight excluding hydrogens is 384 g/mol. The number of H-pyrrole nitrogens is 1. The summed E-state index contributed by atoms with van der Waals surface area (Å²) in [6, 6.07) is 20.6. The Morgan fingerprint density at radius 2 is 1.74 bits per heavy atom. The Morgan fingerprint density at radius 1 is 0.968 bits per heavy atom. The van der Waals surface area contributed by atoms with Crippen LogP contribution in [-0.4, -0.2) is 40.3 Å². The third-order valence-corrected chi connectivity index (χ3v) is 6.20. The molecule has 0 bridgehead atoms. The highest BCUT2D eigenvalue weighted by molar-refractivity contribution is 6.02. The smallest absolute Gasteiger partial charge is 0.305 e. The molecule has 1 aromatic heterocycles. The maximum absolute atomic E-state index is 12.8. The highest BCUT2D eigenvalue weighted by Gasteiger charge is 2.19. The van der Waals surface area contributed by atoms with Gasteiger partial charge in [-0.2, -0.15) is 0 Å². The lowest BCUT2D eigenvalue weighted by Crippen LogP contribution is -2.25. The zero-order valence-electron chi connectivity index (χ0n) is 17.9. The second-order valence-corrected chi connectivity index (χ2v) is 7.91. The summed E-state index contributed by atoms with van der Waals surface area (Å²) in [6.45, 7) is 7.64. The van der Waals surface area contributed by atoms with Gasteiger partial charge in [-0.05, 0) is 42.8 Å². The van der Waals surface area contributed by atoms with E-state index in [1.807, 2.05) is 36.5 Å². The molecule has 5 rings (SSSR count). The lowest BCUT2D eigenvalue weighted by Gasteiger charge is -2.17. The third-order valence-electron chi connectivity index (χ3n) is 6.20. The molecule has 0 amide bonds. The van der Waals surface area contributed by atoms with E-state index in [2.05, 4.69) is 54.1 Å². The Kier molecular flexibility index (Phi) is 5.04. The number of para-hydroxylation sites is 2. The summed E-state index contributed by atoms with van der Waals surface area (Å²) in [6.07, 6.45) is 2.90. The number of aromatic nitrogens is 2. The van der Waals surface area contributed by atoms with Crippen molar-refractivity contribution < 1.29 is 0 Å². The summed E-state index contributed by atoms with van der Waals surface area (Å²) < 4.78 is 1.74. The number of rotatable bonds is 6. The monoisotopic (exact) mass is 410 g/mol. The van der Waals surface area contributed by atoms with Gasteiger partial charge < -0.3 is 9.88 Å². The Labute approximate surface area is 181 Å². The van der Waals surface area contributed by atoms with Crippen molar-refractivity contribution in [3.8, 4) is 16.8 Å². The molecule has 5 heteroatoms. The fourth-order valence-electron chi connectivity index (χ4n) is 4.41. The Morgan fingerprint density at radius 3 is 2.52 bits per heavy atom. The Hall–Kier alpha value is -3.44. The van der Waals surface area contributed by atoms with Crippen LogP contribution < -0.4 is 5.69 Å². The van der Waals surface area contributed by atoms with E-state index in [0.29, 0.717) is 0 Å². The van der Waals surface area contributed by atoms with Crippen molar-refractivity contribution >= 4 is 22.9 Å². The van der Waals surface area contributed by atoms with Crippen molar-refractivity contribution in [2.24, 2.45) is 4.99 Å². The molecule has 5 nitrogen and oxygen atoms in total. The molecule has 3 aromatic carbocycles. The molecule has 1 N–H and O–H groups in total. The van der Waals surface area contributed by atoms with Crippen molar-refractivity contribution in [2.45, 2.75) is 20.3 Å². The summed E-state index contributed by atoms with van der Waals surface area (Å²) in [7, 11) is 0. The van der Waals surface area contributed by atoms with Crippen LogP contribution in [0.2, 0.25) is 0 Å². The minimum Gasteiger partial charge on any atom is -0.305 e. The van der Waals surface area contributed by atoms with Gasteiger partial charge in [0.05, 0.1) is 22.4 Å². The minimum absolute atomic E-state index is 0.141. The lowest BCUT2D eigenvalue weighted by atomic mass is 10.00. The van der Waals surface area contributed by atoms with E-state index in [1.165, 1.54) is 5.56 Å². The summed E-state index contributed by atoms with van der Waals surface area (Å²) >= 11 is 0. The van der Waals surface area contributed by atoms with Gasteiger partial charge >= 0.3 is 5.69 Å². The van der Waals surface area contributed by atoms with E-state index in [1.54, 1.807) is 4.57 Å². The van der Waals surface area contributed by atoms with E-state index in [0.717, 1.165) is 65.2 Å². The first-order chi connectivity index (χ1) is 15.2. The second kappa shape index (κ2) is 8.00. The maximum atomic E-state index is 12.8. The van der Waals surface area contributed by atoms with Crippen LogP contribution in [0.4, 0.5) is 5.69 Å². The summed E-state index contributed by atoms with van der Waals surface area (Å²) in [4.78, 5) is 23.0. The van der Waals surface area contributed by atoms with Crippen molar-refractivity contribution in [1.29, 1.82) is 0 Å². The zero-order valence-corrected chi connectivity index (χ0v) is 17.9. The van der Waals surface area contributed by atoms with Gasteiger partial charge in [0.1, 0.15) is 0 Å². The molecule has 0 saturated carbocycles. The first kappa shape index (κ1) is 19.5. The van der Waals surface area contributed by atoms with Crippen LogP contribution in [0.25, 0.3) is 27.8 Å². The number of nitrogens with one attached hydrogen (secondary N) is 1. The van der Waals surface area contributed by atoms with Gasteiger partial charge in [0.2, 0.25) is 0 Å². The molecule has 0 aliphatic carbocycles. The molecule has 0 radical (unpaired) electrons. The number of benzene rings is 3. The fourth-order valence-corrected chi connectivity index (χ4v) is 4.41. The average Bonchev–Trinajstić information content (AvgIpc) is 3.03. The minimum atomic E-state index is -0.141. The standard InChI is InChI=1S/C26H26N4O/c1-3-29(4-2)16-15-18-11-13-19(14-12-18)21-8-6-10-23-24(21)27-17-20-7-5-9-22-25(20)30(23)26(31)28-22/h5-14,17H,3-4,15-16H2,1-2H3,(H,28,31). The molecule has 4 aromatic rings.